The summed E-state index contributed by atoms with van der Waals surface area (Å²) >= 11 is 0. The van der Waals surface area contributed by atoms with Crippen LogP contribution in [-0.4, -0.2) is 22.9 Å². The van der Waals surface area contributed by atoms with E-state index >= 15 is 0 Å². The molecule has 1 atom stereocenters. The molecule has 1 aliphatic rings. The average molecular weight is 198 g/mol. The van der Waals surface area contributed by atoms with Crippen LogP contribution in [0.1, 0.15) is 31.6 Å². The van der Waals surface area contributed by atoms with Crippen LogP contribution in [0.25, 0.3) is 0 Å². The number of H-pyrrole nitrogens is 1. The van der Waals surface area contributed by atoms with Crippen molar-refractivity contribution in [2.45, 2.75) is 38.2 Å². The van der Waals surface area contributed by atoms with Crippen LogP contribution in [0.4, 0.5) is 0 Å². The van der Waals surface area contributed by atoms with Crippen molar-refractivity contribution in [2.24, 2.45) is 0 Å². The van der Waals surface area contributed by atoms with Crippen molar-refractivity contribution in [3.8, 4) is 0 Å². The molecule has 1 saturated heterocycles. The van der Waals surface area contributed by atoms with Gasteiger partial charge in [0, 0.05) is 13.0 Å². The van der Waals surface area contributed by atoms with Gasteiger partial charge in [-0.15, -0.1) is 5.10 Å². The fourth-order valence-corrected chi connectivity index (χ4v) is 1.69. The number of aromatic amines is 1. The maximum Gasteiger partial charge on any atom is 0.434 e. The fraction of sp³-hybridized carbons (Fsp3) is 0.778. The Bertz CT molecular complexity index is 325. The number of hydrogen-bond donors (Lipinski definition) is 1. The van der Waals surface area contributed by atoms with Gasteiger partial charge in [0.1, 0.15) is 0 Å². The van der Waals surface area contributed by atoms with Gasteiger partial charge in [-0.2, -0.15) is 0 Å². The van der Waals surface area contributed by atoms with Gasteiger partial charge in [-0.25, -0.2) is 9.89 Å². The summed E-state index contributed by atoms with van der Waals surface area (Å²) in [5.41, 5.74) is 0. The molecule has 1 fully saturated rings. The highest BCUT2D eigenvalue weighted by atomic mass is 16.5. The summed E-state index contributed by atoms with van der Waals surface area (Å²) < 4.78 is 10.3. The van der Waals surface area contributed by atoms with E-state index in [1.54, 1.807) is 0 Å². The zero-order valence-electron chi connectivity index (χ0n) is 7.99. The monoisotopic (exact) mass is 198 g/mol. The molecule has 0 bridgehead atoms. The van der Waals surface area contributed by atoms with Crippen molar-refractivity contribution < 1.29 is 9.15 Å². The van der Waals surface area contributed by atoms with Crippen LogP contribution in [0.5, 0.6) is 0 Å². The number of aromatic nitrogens is 2. The van der Waals surface area contributed by atoms with E-state index in [-0.39, 0.29) is 0 Å². The second kappa shape index (κ2) is 4.41. The number of hydrogen-bond acceptors (Lipinski definition) is 4. The lowest BCUT2D eigenvalue weighted by molar-refractivity contribution is 0.0105. The Morgan fingerprint density at radius 1 is 1.50 bits per heavy atom. The topological polar surface area (TPSA) is 68.1 Å². The third-order valence-electron chi connectivity index (χ3n) is 2.44. The van der Waals surface area contributed by atoms with Crippen molar-refractivity contribution in [3.05, 3.63) is 16.4 Å². The van der Waals surface area contributed by atoms with Crippen molar-refractivity contribution in [1.29, 1.82) is 0 Å². The maximum atomic E-state index is 10.6. The first-order chi connectivity index (χ1) is 6.84. The first-order valence-corrected chi connectivity index (χ1v) is 5.00. The lowest BCUT2D eigenvalue weighted by atomic mass is 10.0. The third kappa shape index (κ3) is 2.45. The Kier molecular flexibility index (Phi) is 2.98. The molecule has 0 aromatic carbocycles. The molecule has 2 heterocycles. The van der Waals surface area contributed by atoms with Crippen molar-refractivity contribution in [1.82, 2.24) is 10.2 Å². The summed E-state index contributed by atoms with van der Waals surface area (Å²) in [5.74, 6) is -0.00580. The van der Waals surface area contributed by atoms with Crippen LogP contribution in [0.3, 0.4) is 0 Å². The summed E-state index contributed by atoms with van der Waals surface area (Å²) in [5, 5.41) is 5.98. The summed E-state index contributed by atoms with van der Waals surface area (Å²) in [4.78, 5) is 10.6. The number of rotatable bonds is 3. The Balaban J connectivity index is 1.78. The smallest absolute Gasteiger partial charge is 0.393 e. The Morgan fingerprint density at radius 2 is 2.43 bits per heavy atom. The minimum Gasteiger partial charge on any atom is -0.393 e. The first-order valence-electron chi connectivity index (χ1n) is 5.00. The highest BCUT2D eigenvalue weighted by Crippen LogP contribution is 2.16. The Labute approximate surface area is 81.5 Å². The van der Waals surface area contributed by atoms with Crippen molar-refractivity contribution in [2.75, 3.05) is 6.61 Å². The van der Waals surface area contributed by atoms with E-state index in [4.69, 9.17) is 9.15 Å². The lowest BCUT2D eigenvalue weighted by Crippen LogP contribution is -2.19. The van der Waals surface area contributed by atoms with Gasteiger partial charge >= 0.3 is 5.76 Å². The zero-order valence-corrected chi connectivity index (χ0v) is 7.99. The van der Waals surface area contributed by atoms with Crippen molar-refractivity contribution in [3.63, 3.8) is 0 Å². The molecule has 78 valence electrons. The van der Waals surface area contributed by atoms with E-state index in [9.17, 15) is 4.79 Å². The van der Waals surface area contributed by atoms with E-state index < -0.39 is 5.76 Å². The van der Waals surface area contributed by atoms with Crippen LogP contribution in [0.15, 0.2) is 9.21 Å². The van der Waals surface area contributed by atoms with Crippen molar-refractivity contribution >= 4 is 0 Å². The predicted molar refractivity (Wildman–Crippen MR) is 49.0 cm³/mol. The molecular formula is C9H14N2O3. The Hall–Kier alpha value is -1.10. The maximum absolute atomic E-state index is 10.6. The highest BCUT2D eigenvalue weighted by Gasteiger charge is 2.14. The van der Waals surface area contributed by atoms with E-state index in [1.807, 2.05) is 0 Å². The normalized spacial score (nSPS) is 22.4. The molecule has 0 amide bonds. The number of nitrogens with zero attached hydrogens (tertiary/aromatic N) is 1. The first kappa shape index (κ1) is 9.45. The number of aryl methyl sites for hydroxylation is 1. The number of ether oxygens (including phenoxy) is 1. The molecule has 5 nitrogen and oxygen atoms in total. The molecule has 1 aromatic rings. The second-order valence-electron chi connectivity index (χ2n) is 3.53. The quantitative estimate of drug-likeness (QED) is 0.782. The third-order valence-corrected chi connectivity index (χ3v) is 2.44. The van der Waals surface area contributed by atoms with Gasteiger partial charge in [0.25, 0.3) is 0 Å². The molecule has 0 spiro atoms. The summed E-state index contributed by atoms with van der Waals surface area (Å²) in [6.45, 7) is 0.856. The molecule has 5 heteroatoms. The minimum absolute atomic E-state index is 0.311. The summed E-state index contributed by atoms with van der Waals surface area (Å²) in [7, 11) is 0. The summed E-state index contributed by atoms with van der Waals surface area (Å²) in [6.07, 6.45) is 5.36. The Morgan fingerprint density at radius 3 is 3.07 bits per heavy atom. The van der Waals surface area contributed by atoms with Crippen LogP contribution in [0.2, 0.25) is 0 Å². The zero-order chi connectivity index (χ0) is 9.80. The second-order valence-corrected chi connectivity index (χ2v) is 3.53. The van der Waals surface area contributed by atoms with Gasteiger partial charge < -0.3 is 9.15 Å². The lowest BCUT2D eigenvalue weighted by Gasteiger charge is -2.21. The van der Waals surface area contributed by atoms with E-state index in [1.165, 1.54) is 6.42 Å². The molecule has 2 rings (SSSR count). The average Bonchev–Trinajstić information content (AvgIpc) is 2.63. The fourth-order valence-electron chi connectivity index (χ4n) is 1.69. The molecule has 1 unspecified atom stereocenters. The molecule has 0 aliphatic carbocycles. The molecular weight excluding hydrogens is 184 g/mol. The summed E-state index contributed by atoms with van der Waals surface area (Å²) in [6, 6.07) is 0. The van der Waals surface area contributed by atoms with Gasteiger partial charge in [0.2, 0.25) is 5.89 Å². The standard InChI is InChI=1S/C9H14N2O3/c12-9-11-10-8(14-9)5-4-7-3-1-2-6-13-7/h7H,1-6H2,(H,11,12). The predicted octanol–water partition coefficient (Wildman–Crippen LogP) is 0.865. The van der Waals surface area contributed by atoms with E-state index in [0.29, 0.717) is 18.4 Å². The van der Waals surface area contributed by atoms with Gasteiger partial charge in [-0.05, 0) is 25.7 Å². The van der Waals surface area contributed by atoms with Gasteiger partial charge in [0.15, 0.2) is 0 Å². The molecule has 1 aliphatic heterocycles. The number of nitrogens with one attached hydrogen (secondary N) is 1. The largest absolute Gasteiger partial charge is 0.434 e. The van der Waals surface area contributed by atoms with Gasteiger partial charge in [-0.3, -0.25) is 0 Å². The van der Waals surface area contributed by atoms with Crippen LogP contribution >= 0.6 is 0 Å². The minimum atomic E-state index is -0.482. The van der Waals surface area contributed by atoms with Gasteiger partial charge in [0.05, 0.1) is 6.10 Å². The molecule has 0 radical (unpaired) electrons. The highest BCUT2D eigenvalue weighted by molar-refractivity contribution is 4.76. The molecule has 14 heavy (non-hydrogen) atoms. The molecule has 1 N–H and O–H groups in total. The van der Waals surface area contributed by atoms with Gasteiger partial charge in [-0.1, -0.05) is 0 Å². The van der Waals surface area contributed by atoms with E-state index in [0.717, 1.165) is 25.9 Å². The molecule has 1 aromatic heterocycles. The van der Waals surface area contributed by atoms with Crippen LogP contribution in [0, 0.1) is 0 Å². The molecule has 0 saturated carbocycles. The van der Waals surface area contributed by atoms with Crippen LogP contribution in [-0.2, 0) is 11.2 Å². The SMILES string of the molecule is O=c1[nH]nc(CCC2CCCCO2)o1. The van der Waals surface area contributed by atoms with E-state index in [2.05, 4.69) is 10.2 Å². The van der Waals surface area contributed by atoms with Crippen LogP contribution < -0.4 is 5.76 Å².